The third-order valence-corrected chi connectivity index (χ3v) is 3.80. The first-order valence-corrected chi connectivity index (χ1v) is 6.90. The zero-order chi connectivity index (χ0) is 13.0. The van der Waals surface area contributed by atoms with Crippen LogP contribution in [0.4, 0.5) is 5.69 Å². The van der Waals surface area contributed by atoms with Crippen LogP contribution in [0.2, 0.25) is 5.02 Å². The number of hydrogen-bond acceptors (Lipinski definition) is 3. The molecule has 0 amide bonds. The van der Waals surface area contributed by atoms with Crippen molar-refractivity contribution in [2.45, 2.75) is 19.8 Å². The normalized spacial score (nSPS) is 17.2. The first-order valence-electron chi connectivity index (χ1n) is 6.52. The monoisotopic (exact) mass is 268 g/mol. The lowest BCUT2D eigenvalue weighted by molar-refractivity contribution is 0.413. The van der Waals surface area contributed by atoms with Crippen LogP contribution in [0, 0.1) is 6.92 Å². The summed E-state index contributed by atoms with van der Waals surface area (Å²) in [6, 6.07) is 4.04. The Morgan fingerprint density at radius 1 is 1.22 bits per heavy atom. The van der Waals surface area contributed by atoms with E-state index in [0.717, 1.165) is 48.2 Å². The van der Waals surface area contributed by atoms with Crippen molar-refractivity contribution in [3.05, 3.63) is 22.7 Å². The lowest BCUT2D eigenvalue weighted by atomic mass is 10.1. The molecule has 0 radical (unpaired) electrons. The zero-order valence-electron chi connectivity index (χ0n) is 11.1. The Morgan fingerprint density at radius 3 is 2.83 bits per heavy atom. The summed E-state index contributed by atoms with van der Waals surface area (Å²) in [4.78, 5) is 2.38. The van der Waals surface area contributed by atoms with Gasteiger partial charge < -0.3 is 15.0 Å². The van der Waals surface area contributed by atoms with Crippen LogP contribution in [-0.2, 0) is 0 Å². The third kappa shape index (κ3) is 3.09. The van der Waals surface area contributed by atoms with E-state index in [4.69, 9.17) is 16.3 Å². The quantitative estimate of drug-likeness (QED) is 0.893. The molecule has 1 aromatic rings. The van der Waals surface area contributed by atoms with Gasteiger partial charge in [-0.3, -0.25) is 0 Å². The van der Waals surface area contributed by atoms with Crippen LogP contribution in [0.3, 0.4) is 0 Å². The predicted molar refractivity (Wildman–Crippen MR) is 77.1 cm³/mol. The average molecular weight is 269 g/mol. The van der Waals surface area contributed by atoms with E-state index in [1.807, 2.05) is 13.0 Å². The number of methoxy groups -OCH3 is 1. The topological polar surface area (TPSA) is 24.5 Å². The highest BCUT2D eigenvalue weighted by Gasteiger charge is 2.15. The van der Waals surface area contributed by atoms with E-state index in [-0.39, 0.29) is 0 Å². The van der Waals surface area contributed by atoms with Crippen molar-refractivity contribution in [2.75, 3.05) is 38.2 Å². The van der Waals surface area contributed by atoms with E-state index >= 15 is 0 Å². The fraction of sp³-hybridized carbons (Fsp3) is 0.571. The number of anilines is 1. The van der Waals surface area contributed by atoms with Gasteiger partial charge in [0.2, 0.25) is 0 Å². The number of hydrogen-bond donors (Lipinski definition) is 1. The Kier molecular flexibility index (Phi) is 4.72. The SMILES string of the molecule is COc1cc(Cl)c(C)cc1N1CCCCNCC1. The van der Waals surface area contributed by atoms with Crippen LogP contribution in [0.1, 0.15) is 18.4 Å². The Bertz CT molecular complexity index is 401. The molecule has 100 valence electrons. The summed E-state index contributed by atoms with van der Waals surface area (Å²) in [6.45, 7) is 6.28. The molecule has 4 heteroatoms. The van der Waals surface area contributed by atoms with Gasteiger partial charge in [-0.05, 0) is 37.9 Å². The summed E-state index contributed by atoms with van der Waals surface area (Å²) >= 11 is 6.15. The van der Waals surface area contributed by atoms with Gasteiger partial charge in [0.25, 0.3) is 0 Å². The Hall–Kier alpha value is -0.930. The number of nitrogens with zero attached hydrogens (tertiary/aromatic N) is 1. The summed E-state index contributed by atoms with van der Waals surface area (Å²) < 4.78 is 5.46. The molecule has 1 aliphatic heterocycles. The molecule has 1 aliphatic rings. The Labute approximate surface area is 114 Å². The van der Waals surface area contributed by atoms with Crippen molar-refractivity contribution < 1.29 is 4.74 Å². The smallest absolute Gasteiger partial charge is 0.143 e. The van der Waals surface area contributed by atoms with E-state index in [2.05, 4.69) is 16.3 Å². The number of nitrogens with one attached hydrogen (secondary N) is 1. The lowest BCUT2D eigenvalue weighted by Crippen LogP contribution is -2.36. The van der Waals surface area contributed by atoms with Crippen molar-refractivity contribution >= 4 is 17.3 Å². The standard InChI is InChI=1S/C14H21ClN2O/c1-11-9-13(14(18-2)10-12(11)15)17-7-4-3-5-16-6-8-17/h9-10,16H,3-8H2,1-2H3. The summed E-state index contributed by atoms with van der Waals surface area (Å²) in [7, 11) is 1.70. The average Bonchev–Trinajstić information content (AvgIpc) is 2.32. The van der Waals surface area contributed by atoms with Gasteiger partial charge >= 0.3 is 0 Å². The summed E-state index contributed by atoms with van der Waals surface area (Å²) in [6.07, 6.45) is 2.43. The molecule has 0 aromatic heterocycles. The molecule has 0 atom stereocenters. The molecule has 2 rings (SSSR count). The summed E-state index contributed by atoms with van der Waals surface area (Å²) in [5.74, 6) is 0.867. The highest BCUT2D eigenvalue weighted by atomic mass is 35.5. The van der Waals surface area contributed by atoms with E-state index in [9.17, 15) is 0 Å². The van der Waals surface area contributed by atoms with E-state index in [1.165, 1.54) is 12.8 Å². The van der Waals surface area contributed by atoms with Crippen LogP contribution in [0.5, 0.6) is 5.75 Å². The molecular formula is C14H21ClN2O. The van der Waals surface area contributed by atoms with Crippen LogP contribution in [-0.4, -0.2) is 33.3 Å². The van der Waals surface area contributed by atoms with Gasteiger partial charge in [-0.1, -0.05) is 11.6 Å². The van der Waals surface area contributed by atoms with Crippen LogP contribution >= 0.6 is 11.6 Å². The van der Waals surface area contributed by atoms with Crippen molar-refractivity contribution in [1.82, 2.24) is 5.32 Å². The van der Waals surface area contributed by atoms with Crippen LogP contribution in [0.15, 0.2) is 12.1 Å². The van der Waals surface area contributed by atoms with Gasteiger partial charge in [0.05, 0.1) is 12.8 Å². The third-order valence-electron chi connectivity index (χ3n) is 3.39. The summed E-state index contributed by atoms with van der Waals surface area (Å²) in [5.41, 5.74) is 2.26. The van der Waals surface area contributed by atoms with Gasteiger partial charge in [0.15, 0.2) is 0 Å². The minimum absolute atomic E-state index is 0.765. The molecule has 0 aliphatic carbocycles. The van der Waals surface area contributed by atoms with Gasteiger partial charge in [0.1, 0.15) is 5.75 Å². The van der Waals surface area contributed by atoms with Crippen molar-refractivity contribution in [2.24, 2.45) is 0 Å². The maximum atomic E-state index is 6.15. The minimum atomic E-state index is 0.765. The first-order chi connectivity index (χ1) is 8.72. The van der Waals surface area contributed by atoms with Crippen molar-refractivity contribution in [3.8, 4) is 5.75 Å². The fourth-order valence-corrected chi connectivity index (χ4v) is 2.46. The number of benzene rings is 1. The molecule has 1 fully saturated rings. The summed E-state index contributed by atoms with van der Waals surface area (Å²) in [5, 5.41) is 4.21. The number of rotatable bonds is 2. The molecule has 18 heavy (non-hydrogen) atoms. The minimum Gasteiger partial charge on any atom is -0.495 e. The first kappa shape index (κ1) is 13.5. The van der Waals surface area contributed by atoms with Gasteiger partial charge in [0, 0.05) is 30.7 Å². The Morgan fingerprint density at radius 2 is 2.06 bits per heavy atom. The molecular weight excluding hydrogens is 248 g/mol. The second-order valence-corrected chi connectivity index (χ2v) is 5.12. The maximum absolute atomic E-state index is 6.15. The van der Waals surface area contributed by atoms with E-state index < -0.39 is 0 Å². The number of halogens is 1. The van der Waals surface area contributed by atoms with Gasteiger partial charge in [-0.25, -0.2) is 0 Å². The molecule has 1 heterocycles. The predicted octanol–water partition coefficient (Wildman–Crippen LogP) is 2.85. The lowest BCUT2D eigenvalue weighted by Gasteiger charge is -2.29. The highest BCUT2D eigenvalue weighted by molar-refractivity contribution is 6.31. The molecule has 1 N–H and O–H groups in total. The molecule has 1 aromatic carbocycles. The molecule has 0 bridgehead atoms. The van der Waals surface area contributed by atoms with Crippen molar-refractivity contribution in [1.29, 1.82) is 0 Å². The van der Waals surface area contributed by atoms with E-state index in [0.29, 0.717) is 0 Å². The second kappa shape index (κ2) is 6.30. The molecule has 0 spiro atoms. The number of aryl methyl sites for hydroxylation is 1. The van der Waals surface area contributed by atoms with Crippen LogP contribution < -0.4 is 15.0 Å². The van der Waals surface area contributed by atoms with Gasteiger partial charge in [-0.15, -0.1) is 0 Å². The zero-order valence-corrected chi connectivity index (χ0v) is 11.9. The molecule has 1 saturated heterocycles. The molecule has 0 unspecified atom stereocenters. The van der Waals surface area contributed by atoms with Crippen molar-refractivity contribution in [3.63, 3.8) is 0 Å². The largest absolute Gasteiger partial charge is 0.495 e. The molecule has 3 nitrogen and oxygen atoms in total. The second-order valence-electron chi connectivity index (χ2n) is 4.72. The van der Waals surface area contributed by atoms with Crippen LogP contribution in [0.25, 0.3) is 0 Å². The maximum Gasteiger partial charge on any atom is 0.143 e. The number of ether oxygens (including phenoxy) is 1. The fourth-order valence-electron chi connectivity index (χ4n) is 2.30. The van der Waals surface area contributed by atoms with Gasteiger partial charge in [-0.2, -0.15) is 0 Å². The molecule has 0 saturated carbocycles. The Balaban J connectivity index is 2.26. The van der Waals surface area contributed by atoms with E-state index in [1.54, 1.807) is 7.11 Å². The highest BCUT2D eigenvalue weighted by Crippen LogP contribution is 2.33.